The molecule has 1 aromatic heterocycles. The van der Waals surface area contributed by atoms with E-state index in [0.717, 1.165) is 38.3 Å². The standard InChI is InChI=1S/C25H25FN4O3/c26-17-2-1-3-21(12-17)32-19-4-6-20(7-5-19)33-24-22(23(27)31)13-18(14-29-24)30-11-9-25(16-30)8-10-28-15-25/h1-7,12-14,28H,8-11,15-16H2,(H2,27,31). The Morgan fingerprint density at radius 1 is 1.06 bits per heavy atom. The molecule has 2 saturated heterocycles. The number of anilines is 1. The first-order valence-electron chi connectivity index (χ1n) is 11.0. The number of hydrogen-bond donors (Lipinski definition) is 2. The van der Waals surface area contributed by atoms with E-state index in [4.69, 9.17) is 15.2 Å². The maximum absolute atomic E-state index is 13.3. The SMILES string of the molecule is NC(=O)c1cc(N2CCC3(CCNC3)C2)cnc1Oc1ccc(Oc2cccc(F)c2)cc1. The summed E-state index contributed by atoms with van der Waals surface area (Å²) in [7, 11) is 0. The van der Waals surface area contributed by atoms with Crippen LogP contribution in [0, 0.1) is 11.2 Å². The van der Waals surface area contributed by atoms with E-state index in [1.54, 1.807) is 48.7 Å². The lowest BCUT2D eigenvalue weighted by atomic mass is 9.86. The fourth-order valence-corrected chi connectivity index (χ4v) is 4.53. The molecule has 7 nitrogen and oxygen atoms in total. The number of benzene rings is 2. The second-order valence-electron chi connectivity index (χ2n) is 8.64. The summed E-state index contributed by atoms with van der Waals surface area (Å²) < 4.78 is 24.8. The molecule has 3 N–H and O–H groups in total. The lowest BCUT2D eigenvalue weighted by Gasteiger charge is -2.24. The Hall–Kier alpha value is -3.65. The number of nitrogens with one attached hydrogen (secondary N) is 1. The Morgan fingerprint density at radius 3 is 2.55 bits per heavy atom. The summed E-state index contributed by atoms with van der Waals surface area (Å²) in [5.41, 5.74) is 7.05. The Balaban J connectivity index is 1.30. The van der Waals surface area contributed by atoms with Gasteiger partial charge in [-0.1, -0.05) is 6.07 Å². The van der Waals surface area contributed by atoms with E-state index in [1.165, 1.54) is 18.6 Å². The van der Waals surface area contributed by atoms with Gasteiger partial charge in [0.15, 0.2) is 0 Å². The molecule has 0 saturated carbocycles. The molecule has 2 aromatic carbocycles. The number of primary amides is 1. The highest BCUT2D eigenvalue weighted by atomic mass is 19.1. The second-order valence-corrected chi connectivity index (χ2v) is 8.64. The minimum atomic E-state index is -0.596. The lowest BCUT2D eigenvalue weighted by molar-refractivity contribution is 0.0997. The van der Waals surface area contributed by atoms with Gasteiger partial charge in [0, 0.05) is 31.1 Å². The first kappa shape index (κ1) is 21.2. The zero-order chi connectivity index (χ0) is 22.8. The van der Waals surface area contributed by atoms with Gasteiger partial charge in [-0.3, -0.25) is 4.79 Å². The van der Waals surface area contributed by atoms with Crippen LogP contribution in [-0.2, 0) is 0 Å². The van der Waals surface area contributed by atoms with Crippen LogP contribution in [0.3, 0.4) is 0 Å². The third-order valence-corrected chi connectivity index (χ3v) is 6.31. The predicted molar refractivity (Wildman–Crippen MR) is 122 cm³/mol. The van der Waals surface area contributed by atoms with Crippen LogP contribution in [0.4, 0.5) is 10.1 Å². The molecule has 1 amide bonds. The van der Waals surface area contributed by atoms with Gasteiger partial charge in [0.2, 0.25) is 5.88 Å². The van der Waals surface area contributed by atoms with Crippen molar-refractivity contribution in [2.45, 2.75) is 12.8 Å². The molecular formula is C25H25FN4O3. The molecule has 8 heteroatoms. The van der Waals surface area contributed by atoms with E-state index in [1.807, 2.05) is 0 Å². The molecule has 0 radical (unpaired) electrons. The number of amides is 1. The molecule has 2 fully saturated rings. The molecule has 3 heterocycles. The number of pyridine rings is 1. The van der Waals surface area contributed by atoms with Gasteiger partial charge in [-0.25, -0.2) is 9.37 Å². The molecular weight excluding hydrogens is 423 g/mol. The molecule has 5 rings (SSSR count). The van der Waals surface area contributed by atoms with E-state index in [-0.39, 0.29) is 17.3 Å². The summed E-state index contributed by atoms with van der Waals surface area (Å²) in [6.07, 6.45) is 4.01. The molecule has 3 aromatic rings. The van der Waals surface area contributed by atoms with Gasteiger partial charge in [-0.2, -0.15) is 0 Å². The van der Waals surface area contributed by atoms with Crippen molar-refractivity contribution < 1.29 is 18.7 Å². The van der Waals surface area contributed by atoms with Crippen LogP contribution in [0.5, 0.6) is 23.1 Å². The minimum Gasteiger partial charge on any atom is -0.457 e. The highest BCUT2D eigenvalue weighted by Gasteiger charge is 2.40. The quantitative estimate of drug-likeness (QED) is 0.590. The third-order valence-electron chi connectivity index (χ3n) is 6.31. The molecule has 2 aliphatic heterocycles. The number of hydrogen-bond acceptors (Lipinski definition) is 6. The maximum Gasteiger partial charge on any atom is 0.254 e. The summed E-state index contributed by atoms with van der Waals surface area (Å²) in [4.78, 5) is 18.8. The van der Waals surface area contributed by atoms with Gasteiger partial charge in [0.1, 0.15) is 28.6 Å². The summed E-state index contributed by atoms with van der Waals surface area (Å²) >= 11 is 0. The first-order chi connectivity index (χ1) is 16.0. The van der Waals surface area contributed by atoms with Crippen LogP contribution < -0.4 is 25.4 Å². The van der Waals surface area contributed by atoms with Crippen molar-refractivity contribution in [2.24, 2.45) is 11.1 Å². The van der Waals surface area contributed by atoms with Crippen molar-refractivity contribution in [1.29, 1.82) is 0 Å². The Bertz CT molecular complexity index is 1160. The Kier molecular flexibility index (Phi) is 5.60. The number of ether oxygens (including phenoxy) is 2. The molecule has 1 unspecified atom stereocenters. The minimum absolute atomic E-state index is 0.154. The fourth-order valence-electron chi connectivity index (χ4n) is 4.53. The zero-order valence-electron chi connectivity index (χ0n) is 18.1. The number of rotatable bonds is 6. The molecule has 1 atom stereocenters. The van der Waals surface area contributed by atoms with Crippen LogP contribution in [0.1, 0.15) is 23.2 Å². The third kappa shape index (κ3) is 4.61. The van der Waals surface area contributed by atoms with Gasteiger partial charge >= 0.3 is 0 Å². The number of carbonyl (C=O) groups excluding carboxylic acids is 1. The number of carbonyl (C=O) groups is 1. The van der Waals surface area contributed by atoms with Gasteiger partial charge in [0.05, 0.1) is 11.9 Å². The average molecular weight is 448 g/mol. The summed E-state index contributed by atoms with van der Waals surface area (Å²) in [5, 5.41) is 3.45. The maximum atomic E-state index is 13.3. The van der Waals surface area contributed by atoms with E-state index in [0.29, 0.717) is 22.7 Å². The molecule has 0 bridgehead atoms. The fraction of sp³-hybridized carbons (Fsp3) is 0.280. The van der Waals surface area contributed by atoms with E-state index < -0.39 is 5.91 Å². The second kappa shape index (κ2) is 8.71. The first-order valence-corrected chi connectivity index (χ1v) is 11.0. The van der Waals surface area contributed by atoms with E-state index >= 15 is 0 Å². The zero-order valence-corrected chi connectivity index (χ0v) is 18.1. The summed E-state index contributed by atoms with van der Waals surface area (Å²) in [6.45, 7) is 3.94. The molecule has 2 aliphatic rings. The van der Waals surface area contributed by atoms with E-state index in [2.05, 4.69) is 15.2 Å². The van der Waals surface area contributed by atoms with Gasteiger partial charge in [-0.05, 0) is 61.9 Å². The predicted octanol–water partition coefficient (Wildman–Crippen LogP) is 4.09. The summed E-state index contributed by atoms with van der Waals surface area (Å²) in [5.74, 6) is 0.583. The highest BCUT2D eigenvalue weighted by molar-refractivity contribution is 5.96. The topological polar surface area (TPSA) is 89.7 Å². The highest BCUT2D eigenvalue weighted by Crippen LogP contribution is 2.39. The molecule has 33 heavy (non-hydrogen) atoms. The van der Waals surface area contributed by atoms with Crippen molar-refractivity contribution in [1.82, 2.24) is 10.3 Å². The normalized spacial score (nSPS) is 19.7. The number of nitrogens with two attached hydrogens (primary N) is 1. The van der Waals surface area contributed by atoms with Crippen molar-refractivity contribution in [3.63, 3.8) is 0 Å². The monoisotopic (exact) mass is 448 g/mol. The number of nitrogens with zero attached hydrogens (tertiary/aromatic N) is 2. The lowest BCUT2D eigenvalue weighted by Crippen LogP contribution is -2.29. The van der Waals surface area contributed by atoms with Crippen LogP contribution in [-0.4, -0.2) is 37.1 Å². The molecule has 170 valence electrons. The van der Waals surface area contributed by atoms with Gasteiger partial charge in [-0.15, -0.1) is 0 Å². The van der Waals surface area contributed by atoms with E-state index in [9.17, 15) is 9.18 Å². The van der Waals surface area contributed by atoms with Crippen molar-refractivity contribution in [3.8, 4) is 23.1 Å². The van der Waals surface area contributed by atoms with Crippen molar-refractivity contribution in [2.75, 3.05) is 31.1 Å². The largest absolute Gasteiger partial charge is 0.457 e. The average Bonchev–Trinajstić information content (AvgIpc) is 3.45. The van der Waals surface area contributed by atoms with Crippen LogP contribution in [0.15, 0.2) is 60.8 Å². The van der Waals surface area contributed by atoms with Crippen molar-refractivity contribution in [3.05, 3.63) is 72.2 Å². The molecule has 0 aliphatic carbocycles. The Labute approximate surface area is 191 Å². The van der Waals surface area contributed by atoms with Gasteiger partial charge < -0.3 is 25.4 Å². The Morgan fingerprint density at radius 2 is 1.85 bits per heavy atom. The van der Waals surface area contributed by atoms with Crippen LogP contribution in [0.25, 0.3) is 0 Å². The van der Waals surface area contributed by atoms with Crippen LogP contribution in [0.2, 0.25) is 0 Å². The van der Waals surface area contributed by atoms with Crippen molar-refractivity contribution >= 4 is 11.6 Å². The van der Waals surface area contributed by atoms with Gasteiger partial charge in [0.25, 0.3) is 5.91 Å². The smallest absolute Gasteiger partial charge is 0.254 e. The number of aromatic nitrogens is 1. The van der Waals surface area contributed by atoms with Crippen LogP contribution >= 0.6 is 0 Å². The molecule has 1 spiro atoms. The number of halogens is 1. The summed E-state index contributed by atoms with van der Waals surface area (Å²) in [6, 6.07) is 14.4.